The number of aromatic nitrogens is 3. The number of hydrogen-bond acceptors (Lipinski definition) is 8. The quantitative estimate of drug-likeness (QED) is 0.364. The molecule has 1 fully saturated rings. The van der Waals surface area contributed by atoms with E-state index in [0.29, 0.717) is 49.2 Å². The van der Waals surface area contributed by atoms with Crippen molar-refractivity contribution < 1.29 is 18.7 Å². The number of benzene rings is 1. The molecule has 4 heterocycles. The Morgan fingerprint density at radius 2 is 1.89 bits per heavy atom. The van der Waals surface area contributed by atoms with Gasteiger partial charge in [0.2, 0.25) is 5.13 Å². The third-order valence-electron chi connectivity index (χ3n) is 5.87. The lowest BCUT2D eigenvalue weighted by Crippen LogP contribution is -2.48. The molecule has 1 aromatic carbocycles. The van der Waals surface area contributed by atoms with Crippen LogP contribution in [0.15, 0.2) is 64.7 Å². The van der Waals surface area contributed by atoms with Crippen LogP contribution in [0.4, 0.5) is 0 Å². The number of carbonyl (C=O) groups is 2. The summed E-state index contributed by atoms with van der Waals surface area (Å²) >= 11 is 1.47. The Labute approximate surface area is 206 Å². The highest BCUT2D eigenvalue weighted by molar-refractivity contribution is 7.12. The monoisotopic (exact) mass is 491 g/mol. The van der Waals surface area contributed by atoms with Gasteiger partial charge in [0, 0.05) is 43.7 Å². The van der Waals surface area contributed by atoms with Gasteiger partial charge >= 0.3 is 5.97 Å². The van der Waals surface area contributed by atoms with Crippen molar-refractivity contribution in [1.29, 1.82) is 0 Å². The molecule has 3 aromatic heterocycles. The van der Waals surface area contributed by atoms with Crippen LogP contribution in [0, 0.1) is 0 Å². The summed E-state index contributed by atoms with van der Waals surface area (Å²) in [6.45, 7) is 5.00. The second-order valence-electron chi connectivity index (χ2n) is 8.06. The SMILES string of the molecule is CCOC(=O)c1cnn(-c2nc(-c3ccccc3)cs2)c1CN1CCN(C(=O)c2ccco2)CC1. The molecule has 180 valence electrons. The number of amides is 1. The maximum Gasteiger partial charge on any atom is 0.341 e. The highest BCUT2D eigenvalue weighted by Crippen LogP contribution is 2.26. The van der Waals surface area contributed by atoms with Crippen molar-refractivity contribution in [2.75, 3.05) is 32.8 Å². The number of hydrogen-bond donors (Lipinski definition) is 0. The van der Waals surface area contributed by atoms with E-state index in [0.717, 1.165) is 17.0 Å². The van der Waals surface area contributed by atoms with E-state index < -0.39 is 5.97 Å². The summed E-state index contributed by atoms with van der Waals surface area (Å²) in [7, 11) is 0. The van der Waals surface area contributed by atoms with Crippen molar-refractivity contribution in [2.45, 2.75) is 13.5 Å². The zero-order chi connectivity index (χ0) is 24.2. The molecule has 1 saturated heterocycles. The van der Waals surface area contributed by atoms with E-state index in [1.165, 1.54) is 17.6 Å². The minimum Gasteiger partial charge on any atom is -0.462 e. The second-order valence-corrected chi connectivity index (χ2v) is 8.90. The number of ether oxygens (including phenoxy) is 1. The van der Waals surface area contributed by atoms with Gasteiger partial charge in [-0.2, -0.15) is 5.10 Å². The maximum atomic E-state index is 12.7. The lowest BCUT2D eigenvalue weighted by molar-refractivity contribution is 0.0522. The molecule has 9 nitrogen and oxygen atoms in total. The standard InChI is InChI=1S/C25H25N5O4S/c1-2-33-24(32)19-15-26-30(25-27-20(17-35-25)18-7-4-3-5-8-18)21(19)16-28-10-12-29(13-11-28)23(31)22-9-6-14-34-22/h3-9,14-15,17H,2,10-13,16H2,1H3. The predicted octanol–water partition coefficient (Wildman–Crippen LogP) is 3.72. The molecule has 1 aliphatic heterocycles. The van der Waals surface area contributed by atoms with Gasteiger partial charge in [0.25, 0.3) is 5.91 Å². The Balaban J connectivity index is 1.36. The van der Waals surface area contributed by atoms with E-state index in [2.05, 4.69) is 10.00 Å². The normalized spacial score (nSPS) is 14.3. The molecule has 0 unspecified atom stereocenters. The maximum absolute atomic E-state index is 12.7. The first-order valence-corrected chi connectivity index (χ1v) is 12.3. The molecule has 0 N–H and O–H groups in total. The Morgan fingerprint density at radius 3 is 2.60 bits per heavy atom. The van der Waals surface area contributed by atoms with Gasteiger partial charge < -0.3 is 14.1 Å². The summed E-state index contributed by atoms with van der Waals surface area (Å²) in [5.41, 5.74) is 3.03. The van der Waals surface area contributed by atoms with Crippen LogP contribution in [0.5, 0.6) is 0 Å². The van der Waals surface area contributed by atoms with E-state index in [9.17, 15) is 9.59 Å². The fourth-order valence-corrected chi connectivity index (χ4v) is 4.86. The third-order valence-corrected chi connectivity index (χ3v) is 6.69. The van der Waals surface area contributed by atoms with Gasteiger partial charge in [-0.25, -0.2) is 14.5 Å². The first-order valence-electron chi connectivity index (χ1n) is 11.4. The molecular formula is C25H25N5O4S. The topological polar surface area (TPSA) is 93.7 Å². The minimum absolute atomic E-state index is 0.108. The molecule has 10 heteroatoms. The van der Waals surface area contributed by atoms with Gasteiger partial charge in [-0.1, -0.05) is 30.3 Å². The molecule has 0 aliphatic carbocycles. The smallest absolute Gasteiger partial charge is 0.341 e. The molecule has 35 heavy (non-hydrogen) atoms. The summed E-state index contributed by atoms with van der Waals surface area (Å²) in [6, 6.07) is 13.3. The first kappa shape index (κ1) is 23.0. The molecular weight excluding hydrogens is 466 g/mol. The van der Waals surface area contributed by atoms with Crippen LogP contribution in [-0.4, -0.2) is 69.2 Å². The van der Waals surface area contributed by atoms with Crippen LogP contribution in [0.1, 0.15) is 33.5 Å². The van der Waals surface area contributed by atoms with Gasteiger partial charge in [-0.15, -0.1) is 11.3 Å². The largest absolute Gasteiger partial charge is 0.462 e. The fraction of sp³-hybridized carbons (Fsp3) is 0.280. The van der Waals surface area contributed by atoms with Gasteiger partial charge in [-0.05, 0) is 19.1 Å². The molecule has 4 aromatic rings. The van der Waals surface area contributed by atoms with Crippen molar-refractivity contribution in [1.82, 2.24) is 24.6 Å². The zero-order valence-electron chi connectivity index (χ0n) is 19.3. The van der Waals surface area contributed by atoms with Crippen molar-refractivity contribution in [3.8, 4) is 16.4 Å². The summed E-state index contributed by atoms with van der Waals surface area (Å²) in [5, 5.41) is 7.17. The van der Waals surface area contributed by atoms with Crippen molar-refractivity contribution in [2.24, 2.45) is 0 Å². The van der Waals surface area contributed by atoms with E-state index in [4.69, 9.17) is 14.1 Å². The molecule has 0 radical (unpaired) electrons. The molecule has 0 saturated carbocycles. The molecule has 0 bridgehead atoms. The fourth-order valence-electron chi connectivity index (χ4n) is 4.05. The van der Waals surface area contributed by atoms with Gasteiger partial charge in [0.1, 0.15) is 5.56 Å². The van der Waals surface area contributed by atoms with Crippen molar-refractivity contribution in [3.05, 3.63) is 77.3 Å². The minimum atomic E-state index is -0.403. The zero-order valence-corrected chi connectivity index (χ0v) is 20.1. The van der Waals surface area contributed by atoms with Crippen molar-refractivity contribution >= 4 is 23.2 Å². The van der Waals surface area contributed by atoms with Gasteiger partial charge in [0.05, 0.1) is 30.5 Å². The van der Waals surface area contributed by atoms with Crippen LogP contribution in [0.2, 0.25) is 0 Å². The molecule has 5 rings (SSSR count). The number of furan rings is 1. The first-order chi connectivity index (χ1) is 17.1. The molecule has 1 aliphatic rings. The second kappa shape index (κ2) is 10.2. The van der Waals surface area contributed by atoms with E-state index >= 15 is 0 Å². The Bertz CT molecular complexity index is 1290. The van der Waals surface area contributed by atoms with Crippen LogP contribution >= 0.6 is 11.3 Å². The summed E-state index contributed by atoms with van der Waals surface area (Å²) in [6.07, 6.45) is 3.05. The van der Waals surface area contributed by atoms with Crippen LogP contribution < -0.4 is 0 Å². The van der Waals surface area contributed by atoms with Gasteiger partial charge in [0.15, 0.2) is 5.76 Å². The van der Waals surface area contributed by atoms with E-state index in [-0.39, 0.29) is 12.5 Å². The van der Waals surface area contributed by atoms with E-state index in [1.54, 1.807) is 34.8 Å². The highest BCUT2D eigenvalue weighted by Gasteiger charge is 2.27. The lowest BCUT2D eigenvalue weighted by Gasteiger charge is -2.34. The number of thiazole rings is 1. The van der Waals surface area contributed by atoms with Gasteiger partial charge in [-0.3, -0.25) is 9.69 Å². The average Bonchev–Trinajstić information content (AvgIpc) is 3.66. The Kier molecular flexibility index (Phi) is 6.73. The van der Waals surface area contributed by atoms with Crippen molar-refractivity contribution in [3.63, 3.8) is 0 Å². The number of rotatable bonds is 7. The summed E-state index contributed by atoms with van der Waals surface area (Å²) in [5.74, 6) is -0.164. The number of nitrogens with zero attached hydrogens (tertiary/aromatic N) is 5. The summed E-state index contributed by atoms with van der Waals surface area (Å²) in [4.78, 5) is 34.0. The average molecular weight is 492 g/mol. The number of carbonyl (C=O) groups excluding carboxylic acids is 2. The van der Waals surface area contributed by atoms with Crippen LogP contribution in [0.3, 0.4) is 0 Å². The molecule has 1 amide bonds. The van der Waals surface area contributed by atoms with E-state index in [1.807, 2.05) is 35.7 Å². The molecule has 0 atom stereocenters. The molecule has 0 spiro atoms. The Morgan fingerprint density at radius 1 is 1.09 bits per heavy atom. The number of esters is 1. The number of piperazine rings is 1. The third kappa shape index (κ3) is 4.89. The Hall–Kier alpha value is -3.76. The summed E-state index contributed by atoms with van der Waals surface area (Å²) < 4.78 is 12.3. The van der Waals surface area contributed by atoms with Crippen LogP contribution in [-0.2, 0) is 11.3 Å². The highest BCUT2D eigenvalue weighted by atomic mass is 32.1. The lowest BCUT2D eigenvalue weighted by atomic mass is 10.2. The van der Waals surface area contributed by atoms with Crippen LogP contribution in [0.25, 0.3) is 16.4 Å². The predicted molar refractivity (Wildman–Crippen MR) is 131 cm³/mol.